The molecule has 0 atom stereocenters. The number of nitrogens with one attached hydrogen (secondary N) is 1. The number of benzene rings is 2. The summed E-state index contributed by atoms with van der Waals surface area (Å²) in [6.45, 7) is 0. The van der Waals surface area contributed by atoms with Gasteiger partial charge < -0.3 is 16.8 Å². The molecule has 0 fully saturated rings. The van der Waals surface area contributed by atoms with Gasteiger partial charge in [-0.3, -0.25) is 4.79 Å². The van der Waals surface area contributed by atoms with E-state index in [-0.39, 0.29) is 22.6 Å². The van der Waals surface area contributed by atoms with E-state index in [2.05, 4.69) is 5.32 Å². The molecule has 0 heterocycles. The van der Waals surface area contributed by atoms with Gasteiger partial charge in [0.25, 0.3) is 0 Å². The second-order valence-corrected chi connectivity index (χ2v) is 4.33. The number of halogens is 3. The lowest BCUT2D eigenvalue weighted by molar-refractivity contribution is -0.136. The number of alkyl halides is 3. The Kier molecular flexibility index (Phi) is 3.75. The molecule has 0 saturated heterocycles. The normalized spacial score (nSPS) is 11.2. The smallest absolute Gasteiger partial charge is 0.397 e. The second kappa shape index (κ2) is 5.35. The number of primary amides is 1. The number of amides is 1. The van der Waals surface area contributed by atoms with Crippen LogP contribution < -0.4 is 16.8 Å². The Bertz CT molecular complexity index is 683. The van der Waals surface area contributed by atoms with E-state index in [0.29, 0.717) is 0 Å². The summed E-state index contributed by atoms with van der Waals surface area (Å²) in [4.78, 5) is 11.1. The van der Waals surface area contributed by atoms with Crippen molar-refractivity contribution < 1.29 is 18.0 Å². The molecule has 0 aliphatic rings. The van der Waals surface area contributed by atoms with Crippen LogP contribution in [0.1, 0.15) is 15.9 Å². The Morgan fingerprint density at radius 3 is 2.33 bits per heavy atom. The molecule has 2 aromatic rings. The first-order valence-electron chi connectivity index (χ1n) is 5.91. The molecule has 0 aliphatic carbocycles. The lowest BCUT2D eigenvalue weighted by atomic mass is 10.1. The van der Waals surface area contributed by atoms with E-state index in [1.807, 2.05) is 0 Å². The Balaban J connectivity index is 2.44. The van der Waals surface area contributed by atoms with Crippen LogP contribution in [0, 0.1) is 0 Å². The maximum atomic E-state index is 12.9. The van der Waals surface area contributed by atoms with Crippen LogP contribution in [-0.2, 0) is 6.18 Å². The molecule has 0 aromatic heterocycles. The summed E-state index contributed by atoms with van der Waals surface area (Å²) in [6.07, 6.45) is -4.50. The Labute approximate surface area is 118 Å². The van der Waals surface area contributed by atoms with Gasteiger partial charge in [0.05, 0.1) is 22.6 Å². The summed E-state index contributed by atoms with van der Waals surface area (Å²) in [5.74, 6) is -0.692. The van der Waals surface area contributed by atoms with Crippen molar-refractivity contribution >= 4 is 23.0 Å². The van der Waals surface area contributed by atoms with Crippen molar-refractivity contribution in [1.29, 1.82) is 0 Å². The molecular formula is C14H12F3N3O. The standard InChI is InChI=1S/C14H12F3N3O/c15-14(16,17)9-3-1-2-4-11(9)20-12-7-8(13(19)21)5-6-10(12)18/h1-7,20H,18H2,(H2,19,21). The number of hydrogen-bond acceptors (Lipinski definition) is 3. The van der Waals surface area contributed by atoms with Gasteiger partial charge >= 0.3 is 6.18 Å². The van der Waals surface area contributed by atoms with Crippen LogP contribution in [0.5, 0.6) is 0 Å². The minimum atomic E-state index is -4.50. The Morgan fingerprint density at radius 1 is 1.05 bits per heavy atom. The third kappa shape index (κ3) is 3.25. The quantitative estimate of drug-likeness (QED) is 0.761. The topological polar surface area (TPSA) is 81.1 Å². The van der Waals surface area contributed by atoms with E-state index < -0.39 is 17.6 Å². The summed E-state index contributed by atoms with van der Waals surface area (Å²) in [7, 11) is 0. The van der Waals surface area contributed by atoms with Crippen molar-refractivity contribution in [1.82, 2.24) is 0 Å². The van der Waals surface area contributed by atoms with Crippen LogP contribution in [0.25, 0.3) is 0 Å². The third-order valence-corrected chi connectivity index (χ3v) is 2.84. The van der Waals surface area contributed by atoms with Crippen molar-refractivity contribution in [2.24, 2.45) is 5.73 Å². The Morgan fingerprint density at radius 2 is 1.71 bits per heavy atom. The molecule has 1 amide bonds. The van der Waals surface area contributed by atoms with E-state index in [4.69, 9.17) is 11.5 Å². The van der Waals surface area contributed by atoms with Gasteiger partial charge in [-0.15, -0.1) is 0 Å². The van der Waals surface area contributed by atoms with Gasteiger partial charge in [-0.1, -0.05) is 12.1 Å². The summed E-state index contributed by atoms with van der Waals surface area (Å²) in [5, 5.41) is 2.59. The number of rotatable bonds is 3. The van der Waals surface area contributed by atoms with Crippen LogP contribution in [0.3, 0.4) is 0 Å². The molecule has 0 bridgehead atoms. The SMILES string of the molecule is NC(=O)c1ccc(N)c(Nc2ccccc2C(F)(F)F)c1. The van der Waals surface area contributed by atoms with Crippen molar-refractivity contribution in [3.05, 3.63) is 53.6 Å². The van der Waals surface area contributed by atoms with E-state index in [0.717, 1.165) is 6.07 Å². The number of anilines is 3. The summed E-state index contributed by atoms with van der Waals surface area (Å²) in [5.41, 5.74) is 10.4. The molecule has 0 saturated carbocycles. The third-order valence-electron chi connectivity index (χ3n) is 2.84. The van der Waals surface area contributed by atoms with Gasteiger partial charge in [0.1, 0.15) is 0 Å². The molecule has 7 heteroatoms. The predicted octanol–water partition coefficient (Wildman–Crippen LogP) is 3.13. The number of nitrogens with two attached hydrogens (primary N) is 2. The van der Waals surface area contributed by atoms with Crippen LogP contribution in [0.2, 0.25) is 0 Å². The zero-order chi connectivity index (χ0) is 15.6. The highest BCUT2D eigenvalue weighted by molar-refractivity contribution is 5.95. The lowest BCUT2D eigenvalue weighted by Gasteiger charge is -2.16. The highest BCUT2D eigenvalue weighted by Gasteiger charge is 2.33. The Hall–Kier alpha value is -2.70. The predicted molar refractivity (Wildman–Crippen MR) is 74.1 cm³/mol. The number of carbonyl (C=O) groups excluding carboxylic acids is 1. The molecule has 4 nitrogen and oxygen atoms in total. The molecule has 2 rings (SSSR count). The van der Waals surface area contributed by atoms with Crippen molar-refractivity contribution in [2.75, 3.05) is 11.1 Å². The van der Waals surface area contributed by atoms with Crippen molar-refractivity contribution in [3.63, 3.8) is 0 Å². The number of nitrogen functional groups attached to an aromatic ring is 1. The maximum Gasteiger partial charge on any atom is 0.418 e. The number of para-hydroxylation sites is 1. The summed E-state index contributed by atoms with van der Waals surface area (Å²) >= 11 is 0. The lowest BCUT2D eigenvalue weighted by Crippen LogP contribution is -2.12. The molecule has 0 radical (unpaired) electrons. The van der Waals surface area contributed by atoms with E-state index in [9.17, 15) is 18.0 Å². The maximum absolute atomic E-state index is 12.9. The summed E-state index contributed by atoms with van der Waals surface area (Å²) in [6, 6.07) is 9.10. The van der Waals surface area contributed by atoms with Crippen molar-refractivity contribution in [2.45, 2.75) is 6.18 Å². The van der Waals surface area contributed by atoms with Crippen LogP contribution >= 0.6 is 0 Å². The zero-order valence-electron chi connectivity index (χ0n) is 10.7. The average molecular weight is 295 g/mol. The van der Waals surface area contributed by atoms with Gasteiger partial charge in [-0.2, -0.15) is 13.2 Å². The molecule has 2 aromatic carbocycles. The average Bonchev–Trinajstić information content (AvgIpc) is 2.40. The second-order valence-electron chi connectivity index (χ2n) is 4.33. The molecule has 0 aliphatic heterocycles. The van der Waals surface area contributed by atoms with Gasteiger partial charge in [0.2, 0.25) is 5.91 Å². The van der Waals surface area contributed by atoms with E-state index in [1.165, 1.54) is 36.4 Å². The molecule has 0 spiro atoms. The van der Waals surface area contributed by atoms with Gasteiger partial charge in [-0.05, 0) is 30.3 Å². The highest BCUT2D eigenvalue weighted by atomic mass is 19.4. The van der Waals surface area contributed by atoms with Crippen LogP contribution in [0.15, 0.2) is 42.5 Å². The molecule has 0 unspecified atom stereocenters. The highest BCUT2D eigenvalue weighted by Crippen LogP contribution is 2.36. The van der Waals surface area contributed by atoms with Gasteiger partial charge in [0, 0.05) is 5.56 Å². The minimum absolute atomic E-state index is 0.149. The first kappa shape index (κ1) is 14.7. The van der Waals surface area contributed by atoms with E-state index >= 15 is 0 Å². The first-order valence-corrected chi connectivity index (χ1v) is 5.91. The number of carbonyl (C=O) groups is 1. The molecule has 110 valence electrons. The fourth-order valence-electron chi connectivity index (χ4n) is 1.80. The van der Waals surface area contributed by atoms with Gasteiger partial charge in [-0.25, -0.2) is 0 Å². The van der Waals surface area contributed by atoms with Crippen LogP contribution in [0.4, 0.5) is 30.2 Å². The fraction of sp³-hybridized carbons (Fsp3) is 0.0714. The van der Waals surface area contributed by atoms with E-state index in [1.54, 1.807) is 0 Å². The molecular weight excluding hydrogens is 283 g/mol. The largest absolute Gasteiger partial charge is 0.418 e. The van der Waals surface area contributed by atoms with Crippen molar-refractivity contribution in [3.8, 4) is 0 Å². The van der Waals surface area contributed by atoms with Gasteiger partial charge in [0.15, 0.2) is 0 Å². The summed E-state index contributed by atoms with van der Waals surface area (Å²) < 4.78 is 38.7. The zero-order valence-corrected chi connectivity index (χ0v) is 10.7. The monoisotopic (exact) mass is 295 g/mol. The fourth-order valence-corrected chi connectivity index (χ4v) is 1.80. The minimum Gasteiger partial charge on any atom is -0.397 e. The first-order chi connectivity index (χ1) is 9.79. The molecule has 21 heavy (non-hydrogen) atoms. The molecule has 5 N–H and O–H groups in total. The number of hydrogen-bond donors (Lipinski definition) is 3. The van der Waals surface area contributed by atoms with Crippen LogP contribution in [-0.4, -0.2) is 5.91 Å².